The Kier molecular flexibility index (Phi) is 3.87. The Morgan fingerprint density at radius 3 is 2.81 bits per heavy atom. The van der Waals surface area contributed by atoms with Crippen LogP contribution < -0.4 is 10.6 Å². The minimum atomic E-state index is -0.208. The maximum Gasteiger partial charge on any atom is 0.125 e. The maximum absolute atomic E-state index is 13.5. The summed E-state index contributed by atoms with van der Waals surface area (Å²) in [5.74, 6) is -0.208. The molecule has 0 saturated heterocycles. The number of benzene rings is 2. The Morgan fingerprint density at radius 1 is 1.29 bits per heavy atom. The number of hydrogen-bond donors (Lipinski definition) is 1. The summed E-state index contributed by atoms with van der Waals surface area (Å²) in [6.45, 7) is 2.81. The largest absolute Gasteiger partial charge is 0.341 e. The van der Waals surface area contributed by atoms with Crippen LogP contribution in [-0.4, -0.2) is 12.6 Å². The lowest BCUT2D eigenvalue weighted by Crippen LogP contribution is -2.18. The van der Waals surface area contributed by atoms with E-state index in [4.69, 9.17) is 17.3 Å². The zero-order valence-electron chi connectivity index (χ0n) is 11.9. The first-order chi connectivity index (χ1) is 10.0. The van der Waals surface area contributed by atoms with Gasteiger partial charge in [0.2, 0.25) is 0 Å². The Bertz CT molecular complexity index is 670. The molecule has 2 aromatic carbocycles. The van der Waals surface area contributed by atoms with Gasteiger partial charge in [-0.1, -0.05) is 23.7 Å². The summed E-state index contributed by atoms with van der Waals surface area (Å²) in [6.07, 6.45) is 1.68. The highest BCUT2D eigenvalue weighted by molar-refractivity contribution is 6.31. The van der Waals surface area contributed by atoms with Crippen LogP contribution in [0.2, 0.25) is 5.02 Å². The quantitative estimate of drug-likeness (QED) is 0.926. The molecule has 4 heteroatoms. The molecule has 0 fully saturated rings. The molecule has 1 unspecified atom stereocenters. The van der Waals surface area contributed by atoms with Crippen molar-refractivity contribution in [3.05, 3.63) is 58.4 Å². The second-order valence-electron chi connectivity index (χ2n) is 5.63. The fourth-order valence-electron chi connectivity index (χ4n) is 2.84. The van der Waals surface area contributed by atoms with Crippen molar-refractivity contribution >= 4 is 23.0 Å². The number of anilines is 2. The molecular formula is C17H18ClFN2. The van der Waals surface area contributed by atoms with E-state index in [9.17, 15) is 4.39 Å². The van der Waals surface area contributed by atoms with Gasteiger partial charge in [-0.15, -0.1) is 0 Å². The lowest BCUT2D eigenvalue weighted by Gasteiger charge is -2.21. The van der Waals surface area contributed by atoms with Crippen LogP contribution in [-0.2, 0) is 12.8 Å². The maximum atomic E-state index is 13.5. The van der Waals surface area contributed by atoms with Gasteiger partial charge in [-0.05, 0) is 55.2 Å². The van der Waals surface area contributed by atoms with Crippen LogP contribution in [0.5, 0.6) is 0 Å². The molecule has 0 saturated carbocycles. The van der Waals surface area contributed by atoms with Crippen LogP contribution >= 0.6 is 11.6 Å². The summed E-state index contributed by atoms with van der Waals surface area (Å²) in [5.41, 5.74) is 9.98. The topological polar surface area (TPSA) is 29.3 Å². The van der Waals surface area contributed by atoms with Crippen molar-refractivity contribution in [1.29, 1.82) is 0 Å². The first-order valence-corrected chi connectivity index (χ1v) is 7.52. The van der Waals surface area contributed by atoms with Crippen molar-refractivity contribution in [3.63, 3.8) is 0 Å². The van der Waals surface area contributed by atoms with Gasteiger partial charge in [0.05, 0.1) is 0 Å². The van der Waals surface area contributed by atoms with E-state index in [1.165, 1.54) is 11.6 Å². The molecule has 0 radical (unpaired) electrons. The van der Waals surface area contributed by atoms with Crippen molar-refractivity contribution in [2.24, 2.45) is 5.73 Å². The second kappa shape index (κ2) is 5.66. The third kappa shape index (κ3) is 2.89. The normalized spacial score (nSPS) is 15.1. The Balaban J connectivity index is 1.93. The highest BCUT2D eigenvalue weighted by atomic mass is 35.5. The molecule has 1 aliphatic heterocycles. The van der Waals surface area contributed by atoms with E-state index in [2.05, 4.69) is 4.90 Å². The lowest BCUT2D eigenvalue weighted by molar-refractivity contribution is 0.628. The number of nitrogens with two attached hydrogens (primary N) is 1. The summed E-state index contributed by atoms with van der Waals surface area (Å²) in [7, 11) is 0. The summed E-state index contributed by atoms with van der Waals surface area (Å²) in [6, 6.07) is 11.0. The van der Waals surface area contributed by atoms with Gasteiger partial charge in [0.1, 0.15) is 5.82 Å². The Hall–Kier alpha value is -1.58. The molecule has 110 valence electrons. The molecule has 1 heterocycles. The SMILES string of the molecule is CC(N)Cc1ccc(N2CCc3ccc(F)cc32)cc1Cl. The molecule has 2 nitrogen and oxygen atoms in total. The molecule has 0 amide bonds. The van der Waals surface area contributed by atoms with Crippen LogP contribution in [0.4, 0.5) is 15.8 Å². The number of rotatable bonds is 3. The highest BCUT2D eigenvalue weighted by Crippen LogP contribution is 2.36. The molecule has 0 aliphatic carbocycles. The molecule has 3 rings (SSSR count). The second-order valence-corrected chi connectivity index (χ2v) is 6.04. The van der Waals surface area contributed by atoms with Gasteiger partial charge in [-0.2, -0.15) is 0 Å². The summed E-state index contributed by atoms with van der Waals surface area (Å²) in [5, 5.41) is 0.717. The van der Waals surface area contributed by atoms with E-state index in [1.807, 2.05) is 31.2 Å². The fraction of sp³-hybridized carbons (Fsp3) is 0.294. The van der Waals surface area contributed by atoms with Crippen molar-refractivity contribution in [2.75, 3.05) is 11.4 Å². The van der Waals surface area contributed by atoms with Crippen LogP contribution in [0.25, 0.3) is 0 Å². The van der Waals surface area contributed by atoms with Gasteiger partial charge in [0.25, 0.3) is 0 Å². The van der Waals surface area contributed by atoms with Gasteiger partial charge in [-0.25, -0.2) is 4.39 Å². The first-order valence-electron chi connectivity index (χ1n) is 7.14. The van der Waals surface area contributed by atoms with E-state index >= 15 is 0 Å². The number of hydrogen-bond acceptors (Lipinski definition) is 2. The van der Waals surface area contributed by atoms with Crippen molar-refractivity contribution in [1.82, 2.24) is 0 Å². The van der Waals surface area contributed by atoms with Crippen molar-refractivity contribution in [3.8, 4) is 0 Å². The molecule has 0 aromatic heterocycles. The average Bonchev–Trinajstić information content (AvgIpc) is 2.83. The minimum absolute atomic E-state index is 0.0787. The summed E-state index contributed by atoms with van der Waals surface area (Å²) < 4.78 is 13.5. The van der Waals surface area contributed by atoms with Crippen LogP contribution in [0, 0.1) is 5.82 Å². The molecule has 21 heavy (non-hydrogen) atoms. The third-order valence-corrected chi connectivity index (χ3v) is 4.18. The predicted octanol–water partition coefficient (Wildman–Crippen LogP) is 4.06. The third-order valence-electron chi connectivity index (χ3n) is 3.83. The molecule has 0 spiro atoms. The number of fused-ring (bicyclic) bond motifs is 1. The highest BCUT2D eigenvalue weighted by Gasteiger charge is 2.21. The lowest BCUT2D eigenvalue weighted by atomic mass is 10.1. The standard InChI is InChI=1S/C17H18ClFN2/c1-11(20)8-13-3-5-15(10-16(13)18)21-7-6-12-2-4-14(19)9-17(12)21/h2-5,9-11H,6-8,20H2,1H3. The van der Waals surface area contributed by atoms with Gasteiger partial charge < -0.3 is 10.6 Å². The Labute approximate surface area is 129 Å². The van der Waals surface area contributed by atoms with E-state index in [1.54, 1.807) is 6.07 Å². The van der Waals surface area contributed by atoms with Crippen LogP contribution in [0.3, 0.4) is 0 Å². The van der Waals surface area contributed by atoms with Crippen molar-refractivity contribution in [2.45, 2.75) is 25.8 Å². The molecule has 0 bridgehead atoms. The van der Waals surface area contributed by atoms with Gasteiger partial charge >= 0.3 is 0 Å². The van der Waals surface area contributed by atoms with E-state index in [-0.39, 0.29) is 11.9 Å². The predicted molar refractivity (Wildman–Crippen MR) is 85.9 cm³/mol. The number of halogens is 2. The van der Waals surface area contributed by atoms with E-state index < -0.39 is 0 Å². The molecular weight excluding hydrogens is 287 g/mol. The zero-order chi connectivity index (χ0) is 15.0. The van der Waals surface area contributed by atoms with E-state index in [0.29, 0.717) is 0 Å². The molecule has 2 aromatic rings. The summed E-state index contributed by atoms with van der Waals surface area (Å²) >= 11 is 6.35. The average molecular weight is 305 g/mol. The first kappa shape index (κ1) is 14.4. The molecule has 1 aliphatic rings. The van der Waals surface area contributed by atoms with Gasteiger partial charge in [-0.3, -0.25) is 0 Å². The molecule has 1 atom stereocenters. The van der Waals surface area contributed by atoms with Crippen molar-refractivity contribution < 1.29 is 4.39 Å². The van der Waals surface area contributed by atoms with E-state index in [0.717, 1.165) is 41.3 Å². The monoisotopic (exact) mass is 304 g/mol. The van der Waals surface area contributed by atoms with Gasteiger partial charge in [0, 0.05) is 29.0 Å². The fourth-order valence-corrected chi connectivity index (χ4v) is 3.09. The smallest absolute Gasteiger partial charge is 0.125 e. The van der Waals surface area contributed by atoms with Gasteiger partial charge in [0.15, 0.2) is 0 Å². The van der Waals surface area contributed by atoms with Crippen LogP contribution in [0.1, 0.15) is 18.1 Å². The summed E-state index contributed by atoms with van der Waals surface area (Å²) in [4.78, 5) is 2.11. The van der Waals surface area contributed by atoms with Crippen LogP contribution in [0.15, 0.2) is 36.4 Å². The number of nitrogens with zero attached hydrogens (tertiary/aromatic N) is 1. The Morgan fingerprint density at radius 2 is 2.10 bits per heavy atom. The minimum Gasteiger partial charge on any atom is -0.341 e. The zero-order valence-corrected chi connectivity index (χ0v) is 12.7. The molecule has 2 N–H and O–H groups in total.